The molecule has 0 spiro atoms. The van der Waals surface area contributed by atoms with Crippen molar-refractivity contribution in [3.05, 3.63) is 93.8 Å². The lowest BCUT2D eigenvalue weighted by molar-refractivity contribution is -0.137. The number of halogens is 6. The monoisotopic (exact) mass is 561 g/mol. The molecular weight excluding hydrogens is 536 g/mol. The van der Waals surface area contributed by atoms with Crippen LogP contribution in [0.3, 0.4) is 0 Å². The number of hydrogen-bond donors (Lipinski definition) is 2. The summed E-state index contributed by atoms with van der Waals surface area (Å²) in [4.78, 5) is 15.0. The van der Waals surface area contributed by atoms with E-state index >= 15 is 4.39 Å². The summed E-state index contributed by atoms with van der Waals surface area (Å²) in [6, 6.07) is 8.01. The van der Waals surface area contributed by atoms with Gasteiger partial charge in [-0.15, -0.1) is 0 Å². The highest BCUT2D eigenvalue weighted by atomic mass is 19.4. The molecule has 40 heavy (non-hydrogen) atoms. The Balaban J connectivity index is 1.58. The van der Waals surface area contributed by atoms with E-state index in [0.717, 1.165) is 25.0 Å². The molecule has 2 fully saturated rings. The number of alkyl halides is 3. The van der Waals surface area contributed by atoms with Crippen LogP contribution in [0.15, 0.2) is 48.5 Å². The first-order chi connectivity index (χ1) is 18.9. The van der Waals surface area contributed by atoms with Gasteiger partial charge in [0.25, 0.3) is 11.9 Å². The summed E-state index contributed by atoms with van der Waals surface area (Å²) in [6.07, 6.45) is -3.42. The van der Waals surface area contributed by atoms with E-state index in [0.29, 0.717) is 17.7 Å². The minimum atomic E-state index is -5.00. The molecule has 1 heterocycles. The van der Waals surface area contributed by atoms with Crippen molar-refractivity contribution in [1.29, 1.82) is 5.41 Å². The normalized spacial score (nSPS) is 16.2. The Bertz CT molecular complexity index is 1490. The molecule has 210 valence electrons. The third kappa shape index (κ3) is 5.64. The van der Waals surface area contributed by atoms with Crippen LogP contribution in [0.25, 0.3) is 11.1 Å². The number of carbonyl (C=O) groups is 1. The van der Waals surface area contributed by atoms with Gasteiger partial charge in [-0.2, -0.15) is 13.2 Å². The van der Waals surface area contributed by atoms with Crippen LogP contribution in [-0.4, -0.2) is 30.0 Å². The first kappa shape index (κ1) is 27.5. The average Bonchev–Trinajstić information content (AvgIpc) is 3.66. The lowest BCUT2D eigenvalue weighted by atomic mass is 9.93. The molecule has 0 radical (unpaired) electrons. The van der Waals surface area contributed by atoms with Crippen molar-refractivity contribution in [3.63, 3.8) is 0 Å². The number of hydrogen-bond acceptors (Lipinski definition) is 3. The van der Waals surface area contributed by atoms with E-state index in [1.54, 1.807) is 13.0 Å². The molecule has 0 aromatic heterocycles. The van der Waals surface area contributed by atoms with E-state index in [2.05, 4.69) is 5.32 Å². The van der Waals surface area contributed by atoms with Crippen molar-refractivity contribution in [2.75, 3.05) is 13.2 Å². The molecule has 0 bridgehead atoms. The van der Waals surface area contributed by atoms with Crippen LogP contribution in [0.1, 0.15) is 51.5 Å². The van der Waals surface area contributed by atoms with Gasteiger partial charge in [0.15, 0.2) is 0 Å². The number of benzene rings is 3. The summed E-state index contributed by atoms with van der Waals surface area (Å²) in [6.45, 7) is 2.11. The molecule has 1 saturated heterocycles. The number of nitrogens with zero attached hydrogens (tertiary/aromatic N) is 1. The fraction of sp³-hybridized carbons (Fsp3) is 0.310. The molecule has 11 heteroatoms. The predicted molar refractivity (Wildman–Crippen MR) is 135 cm³/mol. The molecule has 0 unspecified atom stereocenters. The van der Waals surface area contributed by atoms with Gasteiger partial charge in [-0.05, 0) is 78.3 Å². The molecule has 3 aromatic rings. The van der Waals surface area contributed by atoms with Crippen LogP contribution in [0, 0.1) is 35.7 Å². The summed E-state index contributed by atoms with van der Waals surface area (Å²) in [5.74, 6) is -3.58. The molecule has 1 aliphatic heterocycles. The van der Waals surface area contributed by atoms with Gasteiger partial charge in [0.1, 0.15) is 24.1 Å². The molecule has 1 amide bonds. The summed E-state index contributed by atoms with van der Waals surface area (Å²) < 4.78 is 90.3. The Morgan fingerprint density at radius 2 is 1.82 bits per heavy atom. The van der Waals surface area contributed by atoms with E-state index in [4.69, 9.17) is 10.1 Å². The lowest BCUT2D eigenvalue weighted by Crippen LogP contribution is -2.31. The third-order valence-corrected chi connectivity index (χ3v) is 7.14. The maximum atomic E-state index is 16.0. The molecule has 3 aromatic carbocycles. The topological polar surface area (TPSA) is 65.4 Å². The summed E-state index contributed by atoms with van der Waals surface area (Å²) in [5.41, 5.74) is -1.77. The minimum Gasteiger partial charge on any atom is -0.463 e. The van der Waals surface area contributed by atoms with Crippen molar-refractivity contribution >= 4 is 11.9 Å². The zero-order chi connectivity index (χ0) is 28.8. The zero-order valence-electron chi connectivity index (χ0n) is 21.3. The van der Waals surface area contributed by atoms with Crippen LogP contribution >= 0.6 is 0 Å². The molecular formula is C29H25F6N3O2. The number of aryl methyl sites for hydroxylation is 1. The van der Waals surface area contributed by atoms with E-state index in [9.17, 15) is 26.7 Å². The van der Waals surface area contributed by atoms with E-state index in [-0.39, 0.29) is 36.7 Å². The highest BCUT2D eigenvalue weighted by molar-refractivity contribution is 5.96. The molecule has 1 atom stereocenters. The number of amidine groups is 1. The fourth-order valence-corrected chi connectivity index (χ4v) is 4.92. The van der Waals surface area contributed by atoms with Crippen LogP contribution < -0.4 is 5.32 Å². The van der Waals surface area contributed by atoms with Crippen LogP contribution in [-0.2, 0) is 17.5 Å². The number of carbonyl (C=O) groups excluding carboxylic acids is 1. The van der Waals surface area contributed by atoms with Crippen LogP contribution in [0.5, 0.6) is 0 Å². The van der Waals surface area contributed by atoms with Gasteiger partial charge in [0, 0.05) is 12.1 Å². The Kier molecular flexibility index (Phi) is 7.24. The molecule has 1 saturated carbocycles. The summed E-state index contributed by atoms with van der Waals surface area (Å²) >= 11 is 0. The van der Waals surface area contributed by atoms with Crippen molar-refractivity contribution in [1.82, 2.24) is 10.2 Å². The quantitative estimate of drug-likeness (QED) is 0.314. The van der Waals surface area contributed by atoms with Crippen molar-refractivity contribution in [3.8, 4) is 11.1 Å². The maximum absolute atomic E-state index is 16.0. The third-order valence-electron chi connectivity index (χ3n) is 7.14. The molecule has 1 aliphatic carbocycles. The zero-order valence-corrected chi connectivity index (χ0v) is 21.3. The molecule has 2 N–H and O–H groups in total. The lowest BCUT2D eigenvalue weighted by Gasteiger charge is -2.22. The van der Waals surface area contributed by atoms with E-state index in [1.807, 2.05) is 0 Å². The van der Waals surface area contributed by atoms with Crippen molar-refractivity contribution in [2.24, 2.45) is 5.92 Å². The Hall–Kier alpha value is -4.02. The van der Waals surface area contributed by atoms with Gasteiger partial charge in [-0.3, -0.25) is 10.2 Å². The van der Waals surface area contributed by atoms with E-state index in [1.165, 1.54) is 29.2 Å². The Labute approximate surface area is 226 Å². The van der Waals surface area contributed by atoms with E-state index < -0.39 is 57.8 Å². The highest BCUT2D eigenvalue weighted by Gasteiger charge is 2.37. The van der Waals surface area contributed by atoms with Gasteiger partial charge >= 0.3 is 6.18 Å². The van der Waals surface area contributed by atoms with Gasteiger partial charge in [-0.25, -0.2) is 13.2 Å². The van der Waals surface area contributed by atoms with Gasteiger partial charge in [-0.1, -0.05) is 18.2 Å². The molecule has 5 nitrogen and oxygen atoms in total. The first-order valence-electron chi connectivity index (χ1n) is 12.6. The van der Waals surface area contributed by atoms with Gasteiger partial charge in [0.05, 0.1) is 23.7 Å². The molecule has 2 aliphatic rings. The van der Waals surface area contributed by atoms with Gasteiger partial charge < -0.3 is 15.0 Å². The average molecular weight is 562 g/mol. The van der Waals surface area contributed by atoms with Crippen molar-refractivity contribution in [2.45, 2.75) is 38.5 Å². The standard InChI is InChI=1S/C29H25F6N3O2/c1-15-10-18(4-7-24(15)31)26(17-2-3-17)37-27(39)22-12-16(14-38-8-9-40-28(38)36)11-21(25(22)32)20-6-5-19(30)13-23(20)29(33,34)35/h4-7,10-13,17,26,36H,2-3,8-9,14H2,1H3,(H,37,39)/t26-/m0/s1. The second kappa shape index (κ2) is 10.5. The first-order valence-corrected chi connectivity index (χ1v) is 12.6. The number of nitrogens with one attached hydrogen (secondary N) is 2. The van der Waals surface area contributed by atoms with Crippen LogP contribution in [0.2, 0.25) is 0 Å². The second-order valence-electron chi connectivity index (χ2n) is 10.1. The largest absolute Gasteiger partial charge is 0.463 e. The highest BCUT2D eigenvalue weighted by Crippen LogP contribution is 2.42. The smallest absolute Gasteiger partial charge is 0.417 e. The number of amides is 1. The SMILES string of the molecule is Cc1cc([C@@H](NC(=O)c2cc(CN3CCOC3=N)cc(-c3ccc(F)cc3C(F)(F)F)c2F)C2CC2)ccc1F. The summed E-state index contributed by atoms with van der Waals surface area (Å²) in [7, 11) is 0. The van der Waals surface area contributed by atoms with Crippen molar-refractivity contribution < 1.29 is 35.9 Å². The predicted octanol–water partition coefficient (Wildman–Crippen LogP) is 6.75. The van der Waals surface area contributed by atoms with Gasteiger partial charge in [0.2, 0.25) is 0 Å². The second-order valence-corrected chi connectivity index (χ2v) is 10.1. The fourth-order valence-electron chi connectivity index (χ4n) is 4.92. The Morgan fingerprint density at radius 3 is 2.45 bits per heavy atom. The Morgan fingerprint density at radius 1 is 1.07 bits per heavy atom. The number of rotatable bonds is 7. The minimum absolute atomic E-state index is 0.0296. The van der Waals surface area contributed by atoms with Crippen LogP contribution in [0.4, 0.5) is 26.3 Å². The summed E-state index contributed by atoms with van der Waals surface area (Å²) in [5, 5.41) is 10.7. The molecule has 5 rings (SSSR count). The maximum Gasteiger partial charge on any atom is 0.417 e. The number of ether oxygens (including phenoxy) is 1.